The summed E-state index contributed by atoms with van der Waals surface area (Å²) in [5.41, 5.74) is 4.08. The van der Waals surface area contributed by atoms with E-state index in [4.69, 9.17) is 14.2 Å². The van der Waals surface area contributed by atoms with Gasteiger partial charge < -0.3 is 40.2 Å². The molecule has 2 atom stereocenters. The zero-order valence-corrected chi connectivity index (χ0v) is 26.4. The number of anilines is 2. The molecule has 3 aromatic rings. The van der Waals surface area contributed by atoms with Crippen molar-refractivity contribution in [3.05, 3.63) is 114 Å². The summed E-state index contributed by atoms with van der Waals surface area (Å²) in [6, 6.07) is 16.3. The zero-order valence-electron chi connectivity index (χ0n) is 26.4. The topological polar surface area (TPSA) is 138 Å². The molecule has 3 aromatic carbocycles. The molecule has 4 N–H and O–H groups in total. The lowest BCUT2D eigenvalue weighted by Crippen LogP contribution is -2.29. The molecule has 0 fully saturated rings. The van der Waals surface area contributed by atoms with E-state index in [1.807, 2.05) is 43.3 Å². The number of benzene rings is 3. The van der Waals surface area contributed by atoms with Crippen LogP contribution in [0.5, 0.6) is 17.2 Å². The van der Waals surface area contributed by atoms with E-state index in [1.165, 1.54) is 28.3 Å². The second-order valence-corrected chi connectivity index (χ2v) is 10.5. The van der Waals surface area contributed by atoms with Crippen LogP contribution in [0.4, 0.5) is 16.2 Å². The normalized spacial score (nSPS) is 13.5. The number of aryl methyl sites for hydroxylation is 1. The molecule has 4 rings (SSSR count). The van der Waals surface area contributed by atoms with Crippen LogP contribution in [-0.2, 0) is 9.59 Å². The molecule has 0 spiro atoms. The van der Waals surface area contributed by atoms with Gasteiger partial charge in [-0.1, -0.05) is 42.5 Å². The average molecular weight is 627 g/mol. The third kappa shape index (κ3) is 8.26. The van der Waals surface area contributed by atoms with Crippen LogP contribution in [0.3, 0.4) is 0 Å². The van der Waals surface area contributed by atoms with Gasteiger partial charge in [0.2, 0.25) is 5.91 Å². The van der Waals surface area contributed by atoms with Gasteiger partial charge in [0.05, 0.1) is 45.5 Å². The van der Waals surface area contributed by atoms with Crippen molar-refractivity contribution in [2.24, 2.45) is 0 Å². The molecule has 0 saturated carbocycles. The lowest BCUT2D eigenvalue weighted by atomic mass is 9.97. The van der Waals surface area contributed by atoms with Gasteiger partial charge in [-0.3, -0.25) is 9.59 Å². The van der Waals surface area contributed by atoms with Gasteiger partial charge >= 0.3 is 12.0 Å². The van der Waals surface area contributed by atoms with Crippen LogP contribution in [0.15, 0.2) is 96.9 Å². The molecule has 2 unspecified atom stereocenters. The zero-order chi connectivity index (χ0) is 33.2. The van der Waals surface area contributed by atoms with Gasteiger partial charge in [-0.25, -0.2) is 4.79 Å². The van der Waals surface area contributed by atoms with Crippen LogP contribution in [0, 0.1) is 6.92 Å². The van der Waals surface area contributed by atoms with Crippen LogP contribution in [0.2, 0.25) is 0 Å². The number of rotatable bonds is 12. The Bertz CT molecular complexity index is 1680. The Morgan fingerprint density at radius 2 is 1.50 bits per heavy atom. The number of ether oxygens (including phenoxy) is 3. The Morgan fingerprint density at radius 1 is 0.826 bits per heavy atom. The second-order valence-electron chi connectivity index (χ2n) is 10.5. The van der Waals surface area contributed by atoms with Gasteiger partial charge in [-0.15, -0.1) is 0 Å². The van der Waals surface area contributed by atoms with E-state index in [0.717, 1.165) is 5.56 Å². The standard InChI is InChI=1S/C35H38N4O7/c1-22-10-6-7-12-27(22)37-35(43)38-28-15-13-25(19-31(28)45-4)34(36-23(2)40)26-11-8-9-17-39(21-26)29(20-33(41)42)24-14-16-30(44-3)32(18-24)46-5/h6-19,21,29,34H,20H2,1-5H3,(H,36,40)(H,41,42)(H2,37,38,43). The van der Waals surface area contributed by atoms with Crippen molar-refractivity contribution in [3.63, 3.8) is 0 Å². The minimum Gasteiger partial charge on any atom is -0.495 e. The first kappa shape index (κ1) is 33.2. The highest BCUT2D eigenvalue weighted by atomic mass is 16.5. The highest BCUT2D eigenvalue weighted by Gasteiger charge is 2.25. The van der Waals surface area contributed by atoms with E-state index >= 15 is 0 Å². The minimum absolute atomic E-state index is 0.215. The predicted octanol–water partition coefficient (Wildman–Crippen LogP) is 6.33. The summed E-state index contributed by atoms with van der Waals surface area (Å²) >= 11 is 0. The maximum absolute atomic E-state index is 12.8. The van der Waals surface area contributed by atoms with Crippen LogP contribution in [0.25, 0.3) is 0 Å². The molecule has 11 nitrogen and oxygen atoms in total. The summed E-state index contributed by atoms with van der Waals surface area (Å²) in [4.78, 5) is 39.1. The third-order valence-electron chi connectivity index (χ3n) is 7.36. The number of methoxy groups -OCH3 is 3. The highest BCUT2D eigenvalue weighted by Crippen LogP contribution is 2.37. The Hall–Kier alpha value is -5.71. The predicted molar refractivity (Wildman–Crippen MR) is 176 cm³/mol. The van der Waals surface area contributed by atoms with Crippen molar-refractivity contribution in [1.82, 2.24) is 10.2 Å². The summed E-state index contributed by atoms with van der Waals surface area (Å²) < 4.78 is 16.5. The summed E-state index contributed by atoms with van der Waals surface area (Å²) in [5, 5.41) is 18.5. The first-order valence-corrected chi connectivity index (χ1v) is 14.5. The molecule has 1 aliphatic rings. The van der Waals surface area contributed by atoms with Crippen molar-refractivity contribution in [2.45, 2.75) is 32.4 Å². The fourth-order valence-electron chi connectivity index (χ4n) is 5.10. The number of hydrogen-bond acceptors (Lipinski definition) is 7. The molecule has 0 bridgehead atoms. The largest absolute Gasteiger partial charge is 0.495 e. The fourth-order valence-corrected chi connectivity index (χ4v) is 5.10. The van der Waals surface area contributed by atoms with Crippen LogP contribution >= 0.6 is 0 Å². The number of para-hydroxylation sites is 1. The van der Waals surface area contributed by atoms with Gasteiger partial charge in [0.25, 0.3) is 0 Å². The van der Waals surface area contributed by atoms with Crippen molar-refractivity contribution < 1.29 is 33.7 Å². The summed E-state index contributed by atoms with van der Waals surface area (Å²) in [6.45, 7) is 3.32. The second kappa shape index (κ2) is 15.3. The molecule has 46 heavy (non-hydrogen) atoms. The quantitative estimate of drug-likeness (QED) is 0.183. The number of urea groups is 1. The van der Waals surface area contributed by atoms with Crippen LogP contribution in [0.1, 0.15) is 42.1 Å². The number of carboxylic acids is 1. The number of nitrogens with zero attached hydrogens (tertiary/aromatic N) is 1. The SMILES string of the molecule is COc1cc(C(NC(C)=O)C2=CN(C(CC(=O)O)c3ccc(OC)c(OC)c3)C=CC=C2)ccc1NC(=O)Nc1ccccc1C. The fraction of sp³-hybridized carbons (Fsp3) is 0.229. The number of carbonyl (C=O) groups is 3. The van der Waals surface area contributed by atoms with E-state index in [1.54, 1.807) is 59.8 Å². The molecule has 3 amide bonds. The number of allylic oxidation sites excluding steroid dienone is 2. The molecule has 0 radical (unpaired) electrons. The Morgan fingerprint density at radius 3 is 2.17 bits per heavy atom. The van der Waals surface area contributed by atoms with Crippen LogP contribution in [-0.4, -0.2) is 49.2 Å². The molecule has 0 aromatic heterocycles. The molecule has 11 heteroatoms. The van der Waals surface area contributed by atoms with E-state index in [9.17, 15) is 19.5 Å². The van der Waals surface area contributed by atoms with Gasteiger partial charge in [0, 0.05) is 25.0 Å². The number of nitrogens with one attached hydrogen (secondary N) is 3. The smallest absolute Gasteiger partial charge is 0.323 e. The number of carbonyl (C=O) groups excluding carboxylic acids is 2. The lowest BCUT2D eigenvalue weighted by molar-refractivity contribution is -0.138. The molecule has 1 aliphatic heterocycles. The highest BCUT2D eigenvalue weighted by molar-refractivity contribution is 6.01. The summed E-state index contributed by atoms with van der Waals surface area (Å²) in [5.74, 6) is 0.118. The molecule has 1 heterocycles. The number of carboxylic acid groups (broad SMARTS) is 1. The number of aliphatic carboxylic acids is 1. The first-order valence-electron chi connectivity index (χ1n) is 14.5. The Labute approximate surface area is 268 Å². The van der Waals surface area contributed by atoms with Gasteiger partial charge in [-0.2, -0.15) is 0 Å². The van der Waals surface area contributed by atoms with E-state index in [2.05, 4.69) is 16.0 Å². The number of hydrogen-bond donors (Lipinski definition) is 4. The van der Waals surface area contributed by atoms with Crippen molar-refractivity contribution in [3.8, 4) is 17.2 Å². The van der Waals surface area contributed by atoms with Gasteiger partial charge in [0.1, 0.15) is 5.75 Å². The third-order valence-corrected chi connectivity index (χ3v) is 7.36. The maximum atomic E-state index is 12.8. The van der Waals surface area contributed by atoms with E-state index in [-0.39, 0.29) is 12.3 Å². The first-order chi connectivity index (χ1) is 22.1. The van der Waals surface area contributed by atoms with Gasteiger partial charge in [0.15, 0.2) is 11.5 Å². The van der Waals surface area contributed by atoms with Crippen molar-refractivity contribution in [1.29, 1.82) is 0 Å². The number of amides is 3. The average Bonchev–Trinajstić information content (AvgIpc) is 3.29. The Kier molecular flexibility index (Phi) is 11.1. The molecular formula is C35H38N4O7. The van der Waals surface area contributed by atoms with Crippen molar-refractivity contribution in [2.75, 3.05) is 32.0 Å². The van der Waals surface area contributed by atoms with Crippen molar-refractivity contribution >= 4 is 29.3 Å². The summed E-state index contributed by atoms with van der Waals surface area (Å²) in [7, 11) is 4.54. The molecule has 240 valence electrons. The molecule has 0 aliphatic carbocycles. The molecule has 0 saturated heterocycles. The maximum Gasteiger partial charge on any atom is 0.323 e. The molecular weight excluding hydrogens is 588 g/mol. The Balaban J connectivity index is 1.68. The monoisotopic (exact) mass is 626 g/mol. The van der Waals surface area contributed by atoms with Crippen LogP contribution < -0.4 is 30.2 Å². The van der Waals surface area contributed by atoms with Gasteiger partial charge in [-0.05, 0) is 65.6 Å². The van der Waals surface area contributed by atoms with E-state index in [0.29, 0.717) is 45.3 Å². The lowest BCUT2D eigenvalue weighted by Gasteiger charge is -2.29. The minimum atomic E-state index is -0.988. The van der Waals surface area contributed by atoms with E-state index < -0.39 is 24.1 Å². The summed E-state index contributed by atoms with van der Waals surface area (Å²) in [6.07, 6.45) is 8.82.